The Bertz CT molecular complexity index is 200. The lowest BCUT2D eigenvalue weighted by molar-refractivity contribution is 0.355. The molecule has 68 valence electrons. The quantitative estimate of drug-likeness (QED) is 0.476. The van der Waals surface area contributed by atoms with E-state index in [0.29, 0.717) is 0 Å². The molecule has 0 aliphatic heterocycles. The molecule has 2 atom stereocenters. The summed E-state index contributed by atoms with van der Waals surface area (Å²) in [5.74, 6) is 1.84. The van der Waals surface area contributed by atoms with Gasteiger partial charge in [0.2, 0.25) is 0 Å². The van der Waals surface area contributed by atoms with Crippen molar-refractivity contribution >= 4 is 0 Å². The van der Waals surface area contributed by atoms with E-state index in [1.165, 1.54) is 38.5 Å². The van der Waals surface area contributed by atoms with E-state index < -0.39 is 0 Å². The van der Waals surface area contributed by atoms with Crippen molar-refractivity contribution in [3.8, 4) is 0 Å². The lowest BCUT2D eigenvalue weighted by Gasteiger charge is -2.34. The van der Waals surface area contributed by atoms with Gasteiger partial charge in [-0.3, -0.25) is 0 Å². The minimum absolute atomic E-state index is 0.897. The molecule has 0 saturated heterocycles. The first-order valence-electron chi connectivity index (χ1n) is 5.50. The maximum atomic E-state index is 2.44. The van der Waals surface area contributed by atoms with Crippen LogP contribution in [0.4, 0.5) is 0 Å². The second-order valence-corrected chi connectivity index (χ2v) is 4.64. The number of hydrogen-bond acceptors (Lipinski definition) is 0. The van der Waals surface area contributed by atoms with Gasteiger partial charge in [-0.2, -0.15) is 0 Å². The van der Waals surface area contributed by atoms with Gasteiger partial charge in [-0.15, -0.1) is 0 Å². The molecule has 0 nitrogen and oxygen atoms in total. The Labute approximate surface area is 76.1 Å². The molecule has 0 aromatic heterocycles. The summed E-state index contributed by atoms with van der Waals surface area (Å²) in [5.41, 5.74) is 3.69. The Morgan fingerprint density at radius 2 is 1.75 bits per heavy atom. The Hall–Kier alpha value is -0.260. The number of hydrogen-bond donors (Lipinski definition) is 0. The molecule has 2 rings (SSSR count). The second-order valence-electron chi connectivity index (χ2n) is 4.64. The summed E-state index contributed by atoms with van der Waals surface area (Å²) < 4.78 is 0. The van der Waals surface area contributed by atoms with E-state index in [1.807, 2.05) is 11.1 Å². The van der Waals surface area contributed by atoms with Crippen molar-refractivity contribution in [1.82, 2.24) is 0 Å². The highest BCUT2D eigenvalue weighted by Gasteiger charge is 2.26. The molecule has 2 aliphatic rings. The highest BCUT2D eigenvalue weighted by atomic mass is 14.3. The minimum Gasteiger partial charge on any atom is -0.0707 e. The van der Waals surface area contributed by atoms with Crippen molar-refractivity contribution in [2.75, 3.05) is 0 Å². The fraction of sp³-hybridized carbons (Fsp3) is 0.833. The van der Waals surface area contributed by atoms with Gasteiger partial charge in [0.15, 0.2) is 0 Å². The van der Waals surface area contributed by atoms with E-state index in [1.54, 1.807) is 0 Å². The molecule has 2 unspecified atom stereocenters. The third-order valence-electron chi connectivity index (χ3n) is 3.93. The predicted molar refractivity (Wildman–Crippen MR) is 53.1 cm³/mol. The molecule has 0 amide bonds. The molecule has 12 heavy (non-hydrogen) atoms. The van der Waals surface area contributed by atoms with Crippen molar-refractivity contribution in [3.05, 3.63) is 11.1 Å². The fourth-order valence-corrected chi connectivity index (χ4v) is 2.82. The van der Waals surface area contributed by atoms with Crippen LogP contribution in [0.15, 0.2) is 11.1 Å². The van der Waals surface area contributed by atoms with E-state index in [0.717, 1.165) is 11.8 Å². The highest BCUT2D eigenvalue weighted by Crippen LogP contribution is 2.41. The average molecular weight is 164 g/mol. The van der Waals surface area contributed by atoms with E-state index >= 15 is 0 Å². The normalized spacial score (nSPS) is 36.5. The van der Waals surface area contributed by atoms with E-state index in [9.17, 15) is 0 Å². The summed E-state index contributed by atoms with van der Waals surface area (Å²) in [6.45, 7) is 4.85. The Morgan fingerprint density at radius 3 is 2.58 bits per heavy atom. The van der Waals surface area contributed by atoms with Crippen LogP contribution in [0.5, 0.6) is 0 Å². The van der Waals surface area contributed by atoms with Crippen molar-refractivity contribution in [3.63, 3.8) is 0 Å². The zero-order chi connectivity index (χ0) is 8.55. The number of allylic oxidation sites excluding steroid dienone is 2. The van der Waals surface area contributed by atoms with Crippen LogP contribution in [0.1, 0.15) is 52.4 Å². The molecule has 0 bridgehead atoms. The molecule has 0 heterocycles. The van der Waals surface area contributed by atoms with E-state index in [4.69, 9.17) is 0 Å². The van der Waals surface area contributed by atoms with E-state index in [2.05, 4.69) is 13.8 Å². The van der Waals surface area contributed by atoms with Gasteiger partial charge in [0.1, 0.15) is 0 Å². The second kappa shape index (κ2) is 3.24. The first-order valence-corrected chi connectivity index (χ1v) is 5.50. The summed E-state index contributed by atoms with van der Waals surface area (Å²) >= 11 is 0. The Kier molecular flexibility index (Phi) is 2.25. The lowest BCUT2D eigenvalue weighted by atomic mass is 9.72. The first-order chi connectivity index (χ1) is 5.79. The van der Waals surface area contributed by atoms with Crippen LogP contribution < -0.4 is 0 Å². The van der Waals surface area contributed by atoms with Crippen LogP contribution in [-0.4, -0.2) is 0 Å². The molecule has 2 aliphatic carbocycles. The first kappa shape index (κ1) is 8.34. The van der Waals surface area contributed by atoms with Crippen LogP contribution in [-0.2, 0) is 0 Å². The standard InChI is InChI=1S/C12H20/c1-9-7-8-11-5-3-4-6-12(11)10(9)2/h9-10H,3-8H2,1-2H3. The molecule has 0 N–H and O–H groups in total. The van der Waals surface area contributed by atoms with Gasteiger partial charge in [0.05, 0.1) is 0 Å². The van der Waals surface area contributed by atoms with Gasteiger partial charge in [0, 0.05) is 0 Å². The van der Waals surface area contributed by atoms with Crippen molar-refractivity contribution in [2.24, 2.45) is 11.8 Å². The van der Waals surface area contributed by atoms with Crippen LogP contribution >= 0.6 is 0 Å². The van der Waals surface area contributed by atoms with Gasteiger partial charge in [0.25, 0.3) is 0 Å². The molecular formula is C12H20. The summed E-state index contributed by atoms with van der Waals surface area (Å²) in [4.78, 5) is 0. The van der Waals surface area contributed by atoms with E-state index in [-0.39, 0.29) is 0 Å². The van der Waals surface area contributed by atoms with Crippen LogP contribution in [0.2, 0.25) is 0 Å². The van der Waals surface area contributed by atoms with Gasteiger partial charge in [-0.05, 0) is 50.4 Å². The monoisotopic (exact) mass is 164 g/mol. The number of rotatable bonds is 0. The molecule has 0 radical (unpaired) electrons. The Morgan fingerprint density at radius 1 is 1.00 bits per heavy atom. The summed E-state index contributed by atoms with van der Waals surface area (Å²) in [6.07, 6.45) is 8.61. The molecule has 0 spiro atoms. The van der Waals surface area contributed by atoms with Gasteiger partial charge < -0.3 is 0 Å². The van der Waals surface area contributed by atoms with Gasteiger partial charge in [-0.25, -0.2) is 0 Å². The molecule has 0 heteroatoms. The fourth-order valence-electron chi connectivity index (χ4n) is 2.82. The van der Waals surface area contributed by atoms with Gasteiger partial charge >= 0.3 is 0 Å². The average Bonchev–Trinajstić information content (AvgIpc) is 2.12. The summed E-state index contributed by atoms with van der Waals surface area (Å²) in [5, 5.41) is 0. The predicted octanol–water partition coefficient (Wildman–Crippen LogP) is 3.92. The van der Waals surface area contributed by atoms with Gasteiger partial charge in [-0.1, -0.05) is 25.0 Å². The van der Waals surface area contributed by atoms with Crippen molar-refractivity contribution in [1.29, 1.82) is 0 Å². The molecule has 0 aromatic carbocycles. The zero-order valence-corrected chi connectivity index (χ0v) is 8.40. The summed E-state index contributed by atoms with van der Waals surface area (Å²) in [6, 6.07) is 0. The smallest absolute Gasteiger partial charge is 0.0203 e. The van der Waals surface area contributed by atoms with Crippen LogP contribution in [0, 0.1) is 11.8 Å². The topological polar surface area (TPSA) is 0 Å². The van der Waals surface area contributed by atoms with Crippen LogP contribution in [0.3, 0.4) is 0 Å². The Balaban J connectivity index is 2.22. The third kappa shape index (κ3) is 1.32. The third-order valence-corrected chi connectivity index (χ3v) is 3.93. The maximum Gasteiger partial charge on any atom is -0.0203 e. The van der Waals surface area contributed by atoms with Crippen molar-refractivity contribution < 1.29 is 0 Å². The van der Waals surface area contributed by atoms with Crippen molar-refractivity contribution in [2.45, 2.75) is 52.4 Å². The lowest BCUT2D eigenvalue weighted by Crippen LogP contribution is -2.20. The minimum atomic E-state index is 0.897. The SMILES string of the molecule is CC1CCC2=C(CCCC2)C1C. The molecule has 0 saturated carbocycles. The molecular weight excluding hydrogens is 144 g/mol. The molecule has 0 aromatic rings. The molecule has 0 fully saturated rings. The maximum absolute atomic E-state index is 2.44. The summed E-state index contributed by atoms with van der Waals surface area (Å²) in [7, 11) is 0. The van der Waals surface area contributed by atoms with Crippen LogP contribution in [0.25, 0.3) is 0 Å². The zero-order valence-electron chi connectivity index (χ0n) is 8.40. The highest BCUT2D eigenvalue weighted by molar-refractivity contribution is 5.22. The largest absolute Gasteiger partial charge is 0.0707 e.